The first-order valence-corrected chi connectivity index (χ1v) is 3.95. The summed E-state index contributed by atoms with van der Waals surface area (Å²) in [5.74, 6) is 1.98. The van der Waals surface area contributed by atoms with Crippen LogP contribution in [0.4, 0.5) is 0 Å². The minimum atomic E-state index is 0.550. The molecule has 0 unspecified atom stereocenters. The molecule has 0 nitrogen and oxygen atoms in total. The molecule has 0 radical (unpaired) electrons. The Balaban J connectivity index is 1.99. The van der Waals surface area contributed by atoms with Crippen LogP contribution in [0.15, 0.2) is 0 Å². The third-order valence-corrected chi connectivity index (χ3v) is 3.04. The second kappa shape index (κ2) is 1.63. The number of fused-ring (bicyclic) bond motifs is 1. The standard InChI is InChI=1S/C7H11Cl/c8-7-3-1-2-5-4-6(5)7/h5-7H,1-4H2/t5-,6+,7-/m0/s1. The van der Waals surface area contributed by atoms with Crippen molar-refractivity contribution < 1.29 is 0 Å². The van der Waals surface area contributed by atoms with E-state index in [0.29, 0.717) is 5.38 Å². The smallest absolute Gasteiger partial charge is 0.0367 e. The van der Waals surface area contributed by atoms with E-state index >= 15 is 0 Å². The summed E-state index contributed by atoms with van der Waals surface area (Å²) >= 11 is 6.01. The first-order chi connectivity index (χ1) is 3.88. The molecule has 0 saturated heterocycles. The average Bonchev–Trinajstić information content (AvgIpc) is 2.45. The van der Waals surface area contributed by atoms with Crippen molar-refractivity contribution in [1.82, 2.24) is 0 Å². The summed E-state index contributed by atoms with van der Waals surface area (Å²) in [6.45, 7) is 0. The maximum Gasteiger partial charge on any atom is 0.0367 e. The Bertz CT molecular complexity index is 101. The molecule has 2 saturated carbocycles. The van der Waals surface area contributed by atoms with Gasteiger partial charge < -0.3 is 0 Å². The van der Waals surface area contributed by atoms with E-state index in [1.165, 1.54) is 25.7 Å². The highest BCUT2D eigenvalue weighted by atomic mass is 35.5. The summed E-state index contributed by atoms with van der Waals surface area (Å²) in [6, 6.07) is 0. The first kappa shape index (κ1) is 5.10. The maximum absolute atomic E-state index is 6.01. The Kier molecular flexibility index (Phi) is 1.04. The summed E-state index contributed by atoms with van der Waals surface area (Å²) in [5.41, 5.74) is 0. The van der Waals surface area contributed by atoms with Gasteiger partial charge >= 0.3 is 0 Å². The van der Waals surface area contributed by atoms with Crippen LogP contribution in [-0.2, 0) is 0 Å². The van der Waals surface area contributed by atoms with E-state index in [9.17, 15) is 0 Å². The molecule has 3 atom stereocenters. The quantitative estimate of drug-likeness (QED) is 0.442. The molecule has 2 rings (SSSR count). The maximum atomic E-state index is 6.01. The Morgan fingerprint density at radius 3 is 2.75 bits per heavy atom. The predicted molar refractivity (Wildman–Crippen MR) is 35.1 cm³/mol. The molecule has 0 N–H and O–H groups in total. The third kappa shape index (κ3) is 0.663. The lowest BCUT2D eigenvalue weighted by atomic mass is 10.0. The molecule has 2 aliphatic rings. The highest BCUT2D eigenvalue weighted by molar-refractivity contribution is 6.21. The number of alkyl halides is 1. The van der Waals surface area contributed by atoms with Crippen molar-refractivity contribution in [2.45, 2.75) is 31.1 Å². The van der Waals surface area contributed by atoms with Gasteiger partial charge in [0.1, 0.15) is 0 Å². The number of hydrogen-bond acceptors (Lipinski definition) is 0. The number of halogens is 1. The number of hydrogen-bond donors (Lipinski definition) is 0. The molecule has 2 aliphatic carbocycles. The molecule has 2 fully saturated rings. The lowest BCUT2D eigenvalue weighted by Crippen LogP contribution is -2.07. The van der Waals surface area contributed by atoms with Crippen LogP contribution in [0.5, 0.6) is 0 Å². The summed E-state index contributed by atoms with van der Waals surface area (Å²) in [6.07, 6.45) is 5.57. The van der Waals surface area contributed by atoms with E-state index in [1.807, 2.05) is 0 Å². The molecular weight excluding hydrogens is 120 g/mol. The summed E-state index contributed by atoms with van der Waals surface area (Å²) in [7, 11) is 0. The van der Waals surface area contributed by atoms with E-state index < -0.39 is 0 Å². The fourth-order valence-corrected chi connectivity index (χ4v) is 2.30. The Morgan fingerprint density at radius 1 is 1.25 bits per heavy atom. The molecule has 1 heteroatoms. The molecule has 46 valence electrons. The SMILES string of the molecule is Cl[C@H]1CCC[C@H]2C[C@H]21. The van der Waals surface area contributed by atoms with Crippen LogP contribution in [0, 0.1) is 11.8 Å². The first-order valence-electron chi connectivity index (χ1n) is 3.52. The van der Waals surface area contributed by atoms with E-state index in [4.69, 9.17) is 11.6 Å². The minimum Gasteiger partial charge on any atom is -0.123 e. The molecule has 0 spiro atoms. The van der Waals surface area contributed by atoms with Gasteiger partial charge in [-0.1, -0.05) is 12.8 Å². The zero-order chi connectivity index (χ0) is 5.56. The molecule has 0 heterocycles. The zero-order valence-corrected chi connectivity index (χ0v) is 5.69. The van der Waals surface area contributed by atoms with Crippen LogP contribution >= 0.6 is 11.6 Å². The van der Waals surface area contributed by atoms with Gasteiger partial charge in [0.15, 0.2) is 0 Å². The third-order valence-electron chi connectivity index (χ3n) is 2.50. The normalized spacial score (nSPS) is 52.9. The zero-order valence-electron chi connectivity index (χ0n) is 4.94. The van der Waals surface area contributed by atoms with E-state index in [-0.39, 0.29) is 0 Å². The lowest BCUT2D eigenvalue weighted by molar-refractivity contribution is 0.486. The van der Waals surface area contributed by atoms with Crippen LogP contribution in [0.2, 0.25) is 0 Å². The summed E-state index contributed by atoms with van der Waals surface area (Å²) < 4.78 is 0. The lowest BCUT2D eigenvalue weighted by Gasteiger charge is -2.13. The van der Waals surface area contributed by atoms with Gasteiger partial charge in [0.05, 0.1) is 0 Å². The van der Waals surface area contributed by atoms with Crippen molar-refractivity contribution >= 4 is 11.6 Å². The highest BCUT2D eigenvalue weighted by Gasteiger charge is 2.44. The van der Waals surface area contributed by atoms with E-state index in [2.05, 4.69) is 0 Å². The van der Waals surface area contributed by atoms with Crippen molar-refractivity contribution in [2.24, 2.45) is 11.8 Å². The van der Waals surface area contributed by atoms with Crippen LogP contribution < -0.4 is 0 Å². The highest BCUT2D eigenvalue weighted by Crippen LogP contribution is 2.51. The largest absolute Gasteiger partial charge is 0.123 e. The van der Waals surface area contributed by atoms with Gasteiger partial charge in [-0.3, -0.25) is 0 Å². The van der Waals surface area contributed by atoms with Gasteiger partial charge in [-0.05, 0) is 24.7 Å². The van der Waals surface area contributed by atoms with Gasteiger partial charge in [0, 0.05) is 5.38 Å². The molecule has 0 aliphatic heterocycles. The topological polar surface area (TPSA) is 0 Å². The van der Waals surface area contributed by atoms with E-state index in [1.54, 1.807) is 0 Å². The molecular formula is C7H11Cl. The molecule has 0 bridgehead atoms. The molecule has 0 aromatic carbocycles. The van der Waals surface area contributed by atoms with Crippen molar-refractivity contribution in [3.8, 4) is 0 Å². The van der Waals surface area contributed by atoms with Crippen molar-refractivity contribution in [1.29, 1.82) is 0 Å². The average molecular weight is 131 g/mol. The van der Waals surface area contributed by atoms with E-state index in [0.717, 1.165) is 11.8 Å². The predicted octanol–water partition coefficient (Wildman–Crippen LogP) is 2.41. The van der Waals surface area contributed by atoms with Gasteiger partial charge in [-0.25, -0.2) is 0 Å². The number of rotatable bonds is 0. The molecule has 0 aromatic rings. The van der Waals surface area contributed by atoms with Crippen LogP contribution in [0.25, 0.3) is 0 Å². The van der Waals surface area contributed by atoms with Gasteiger partial charge in [-0.2, -0.15) is 0 Å². The van der Waals surface area contributed by atoms with Gasteiger partial charge in [0.25, 0.3) is 0 Å². The monoisotopic (exact) mass is 130 g/mol. The molecule has 0 aromatic heterocycles. The molecule has 8 heavy (non-hydrogen) atoms. The Labute approximate surface area is 55.2 Å². The summed E-state index contributed by atoms with van der Waals surface area (Å²) in [4.78, 5) is 0. The Morgan fingerprint density at radius 2 is 2.12 bits per heavy atom. The fraction of sp³-hybridized carbons (Fsp3) is 1.00. The van der Waals surface area contributed by atoms with Crippen LogP contribution in [-0.4, -0.2) is 5.38 Å². The van der Waals surface area contributed by atoms with Gasteiger partial charge in [-0.15, -0.1) is 11.6 Å². The summed E-state index contributed by atoms with van der Waals surface area (Å²) in [5, 5.41) is 0.550. The fourth-order valence-electron chi connectivity index (χ4n) is 1.84. The van der Waals surface area contributed by atoms with Crippen molar-refractivity contribution in [3.05, 3.63) is 0 Å². The molecule has 0 amide bonds. The van der Waals surface area contributed by atoms with Gasteiger partial charge in [0.2, 0.25) is 0 Å². The Hall–Kier alpha value is 0.290. The van der Waals surface area contributed by atoms with Crippen molar-refractivity contribution in [2.75, 3.05) is 0 Å². The second-order valence-corrected chi connectivity index (χ2v) is 3.67. The van der Waals surface area contributed by atoms with Crippen LogP contribution in [0.1, 0.15) is 25.7 Å². The second-order valence-electron chi connectivity index (χ2n) is 3.11. The van der Waals surface area contributed by atoms with Crippen molar-refractivity contribution in [3.63, 3.8) is 0 Å². The minimum absolute atomic E-state index is 0.550. The van der Waals surface area contributed by atoms with Crippen LogP contribution in [0.3, 0.4) is 0 Å².